The van der Waals surface area contributed by atoms with E-state index in [4.69, 9.17) is 0 Å². The zero-order chi connectivity index (χ0) is 21.5. The normalized spacial score (nSPS) is 6.58. The van der Waals surface area contributed by atoms with Crippen molar-refractivity contribution >= 4 is 0 Å². The summed E-state index contributed by atoms with van der Waals surface area (Å²) in [7, 11) is 0. The van der Waals surface area contributed by atoms with Crippen LogP contribution in [0.2, 0.25) is 0 Å². The molecule has 0 amide bonds. The predicted molar refractivity (Wildman–Crippen MR) is 114 cm³/mol. The minimum atomic E-state index is -1.83. The Labute approximate surface area is 152 Å². The molecular formula is C22H44F2. The van der Waals surface area contributed by atoms with Crippen LogP contribution in [0.4, 0.5) is 8.78 Å². The maximum absolute atomic E-state index is 10.1. The lowest BCUT2D eigenvalue weighted by Gasteiger charge is -1.88. The van der Waals surface area contributed by atoms with E-state index in [-0.39, 0.29) is 0 Å². The van der Waals surface area contributed by atoms with Gasteiger partial charge in [0.15, 0.2) is 0 Å². The van der Waals surface area contributed by atoms with Crippen LogP contribution < -0.4 is 0 Å². The van der Waals surface area contributed by atoms with E-state index < -0.39 is 6.08 Å². The third-order valence-corrected chi connectivity index (χ3v) is 1.00. The highest BCUT2D eigenvalue weighted by atomic mass is 19.3. The lowest BCUT2D eigenvalue weighted by Crippen LogP contribution is -1.66. The van der Waals surface area contributed by atoms with Gasteiger partial charge in [-0.2, -0.15) is 8.78 Å². The molecule has 0 aromatic rings. The summed E-state index contributed by atoms with van der Waals surface area (Å²) in [6.45, 7) is 37.2. The van der Waals surface area contributed by atoms with Gasteiger partial charge in [-0.15, -0.1) is 19.7 Å². The molecule has 0 heterocycles. The number of halogens is 2. The Kier molecular flexibility index (Phi) is 53.0. The smallest absolute Gasteiger partial charge is 0.174 e. The van der Waals surface area contributed by atoms with Crippen LogP contribution in [0.1, 0.15) is 83.1 Å². The summed E-state index contributed by atoms with van der Waals surface area (Å²) in [6, 6.07) is 0. The van der Waals surface area contributed by atoms with Crippen LogP contribution >= 0.6 is 0 Å². The first-order valence-electron chi connectivity index (χ1n) is 8.04. The van der Waals surface area contributed by atoms with Crippen LogP contribution in [0.15, 0.2) is 60.3 Å². The zero-order valence-electron chi connectivity index (χ0n) is 18.6. The Morgan fingerprint density at radius 2 is 0.500 bits per heavy atom. The van der Waals surface area contributed by atoms with Crippen molar-refractivity contribution in [3.05, 3.63) is 60.3 Å². The monoisotopic (exact) mass is 346 g/mol. The van der Waals surface area contributed by atoms with Gasteiger partial charge in [-0.3, -0.25) is 0 Å². The lowest BCUT2D eigenvalue weighted by molar-refractivity contribution is 0.426. The minimum Gasteiger partial charge on any atom is -0.174 e. The third kappa shape index (κ3) is 1200. The minimum absolute atomic E-state index is 1.17. The van der Waals surface area contributed by atoms with Crippen molar-refractivity contribution in [2.45, 2.75) is 83.1 Å². The molecule has 0 aliphatic rings. The predicted octanol–water partition coefficient (Wildman–Crippen LogP) is 9.53. The molecule has 0 aliphatic carbocycles. The molecule has 146 valence electrons. The summed E-state index contributed by atoms with van der Waals surface area (Å²) in [5.74, 6) is 0. The summed E-state index contributed by atoms with van der Waals surface area (Å²) in [5, 5.41) is 0. The Morgan fingerprint density at radius 3 is 0.500 bits per heavy atom. The molecule has 0 saturated heterocycles. The van der Waals surface area contributed by atoms with Crippen molar-refractivity contribution in [3.8, 4) is 0 Å². The topological polar surface area (TPSA) is 0 Å². The molecule has 0 radical (unpaired) electrons. The second-order valence-electron chi connectivity index (χ2n) is 5.96. The van der Waals surface area contributed by atoms with E-state index in [0.717, 1.165) is 0 Å². The zero-order valence-corrected chi connectivity index (χ0v) is 18.6. The number of hydrogen-bond acceptors (Lipinski definition) is 0. The van der Waals surface area contributed by atoms with Crippen molar-refractivity contribution in [3.63, 3.8) is 0 Å². The molecule has 0 aromatic heterocycles. The fourth-order valence-corrected chi connectivity index (χ4v) is 0. The molecule has 0 rings (SSSR count). The van der Waals surface area contributed by atoms with Crippen LogP contribution in [0.5, 0.6) is 0 Å². The molecule has 0 unspecified atom stereocenters. The lowest BCUT2D eigenvalue weighted by atomic mass is 10.2. The average molecular weight is 347 g/mol. The average Bonchev–Trinajstić information content (AvgIpc) is 2.28. The van der Waals surface area contributed by atoms with Gasteiger partial charge in [0.2, 0.25) is 0 Å². The van der Waals surface area contributed by atoms with Gasteiger partial charge in [-0.25, -0.2) is 0 Å². The summed E-state index contributed by atoms with van der Waals surface area (Å²) < 4.78 is 20.3. The van der Waals surface area contributed by atoms with Crippen molar-refractivity contribution in [2.24, 2.45) is 0 Å². The molecule has 2 heteroatoms. The molecular weight excluding hydrogens is 302 g/mol. The van der Waals surface area contributed by atoms with Crippen LogP contribution in [-0.4, -0.2) is 0 Å². The first kappa shape index (κ1) is 38.2. The Balaban J connectivity index is -0.0000000415. The highest BCUT2D eigenvalue weighted by Gasteiger charge is 1.75. The Hall–Kier alpha value is -1.44. The second-order valence-corrected chi connectivity index (χ2v) is 5.96. The fourth-order valence-electron chi connectivity index (χ4n) is 0. The van der Waals surface area contributed by atoms with Crippen molar-refractivity contribution in [1.29, 1.82) is 0 Å². The quantitative estimate of drug-likeness (QED) is 0.383. The van der Waals surface area contributed by atoms with E-state index in [1.165, 1.54) is 27.9 Å². The van der Waals surface area contributed by atoms with Crippen LogP contribution in [0.3, 0.4) is 0 Å². The molecule has 0 spiro atoms. The molecule has 0 fully saturated rings. The van der Waals surface area contributed by atoms with Gasteiger partial charge in [-0.1, -0.05) is 41.7 Å². The van der Waals surface area contributed by atoms with Gasteiger partial charge in [-0.05, 0) is 75.8 Å². The van der Waals surface area contributed by atoms with E-state index in [9.17, 15) is 8.78 Å². The molecule has 0 saturated carbocycles. The number of allylic oxidation sites excluding steroid dienone is 5. The van der Waals surface area contributed by atoms with Gasteiger partial charge in [0, 0.05) is 0 Å². The molecule has 0 aliphatic heterocycles. The van der Waals surface area contributed by atoms with Gasteiger partial charge in [0.1, 0.15) is 0 Å². The van der Waals surface area contributed by atoms with E-state index in [0.29, 0.717) is 0 Å². The standard InChI is InChI=1S/C6H12.3C4H8.C2H2F2.C2H6/c1-5(2)6(3)4;3*1-4(2)3;1-2(3)4;1-2/h1-4H3;3*1H2,2-3H3;1H2;1-2H3. The van der Waals surface area contributed by atoms with Crippen molar-refractivity contribution in [1.82, 2.24) is 0 Å². The maximum atomic E-state index is 10.1. The van der Waals surface area contributed by atoms with Crippen LogP contribution in [0, 0.1) is 0 Å². The van der Waals surface area contributed by atoms with Gasteiger partial charge in [0.05, 0.1) is 0 Å². The summed E-state index contributed by atoms with van der Waals surface area (Å²) in [6.07, 6.45) is -1.83. The first-order valence-corrected chi connectivity index (χ1v) is 8.04. The van der Waals surface area contributed by atoms with Gasteiger partial charge < -0.3 is 0 Å². The van der Waals surface area contributed by atoms with Gasteiger partial charge in [0.25, 0.3) is 6.08 Å². The highest BCUT2D eigenvalue weighted by Crippen LogP contribution is 1.97. The SMILES string of the molecule is C=C(C)C.C=C(C)C.C=C(C)C.C=C(F)F.CC.CC(C)=C(C)C. The second kappa shape index (κ2) is 33.2. The van der Waals surface area contributed by atoms with Gasteiger partial charge >= 0.3 is 0 Å². The molecule has 0 nitrogen and oxygen atoms in total. The maximum Gasteiger partial charge on any atom is 0.263 e. The molecule has 0 aromatic carbocycles. The van der Waals surface area contributed by atoms with Crippen LogP contribution in [-0.2, 0) is 0 Å². The fraction of sp³-hybridized carbons (Fsp3) is 0.545. The molecule has 0 bridgehead atoms. The van der Waals surface area contributed by atoms with E-state index in [1.54, 1.807) is 0 Å². The van der Waals surface area contributed by atoms with E-state index in [2.05, 4.69) is 54.0 Å². The number of hydrogen-bond donors (Lipinski definition) is 0. The summed E-state index contributed by atoms with van der Waals surface area (Å²) >= 11 is 0. The highest BCUT2D eigenvalue weighted by molar-refractivity contribution is 5.02. The third-order valence-electron chi connectivity index (χ3n) is 1.00. The molecule has 0 atom stereocenters. The molecule has 24 heavy (non-hydrogen) atoms. The van der Waals surface area contributed by atoms with Crippen LogP contribution in [0.25, 0.3) is 0 Å². The summed E-state index contributed by atoms with van der Waals surface area (Å²) in [5.41, 5.74) is 6.35. The Bertz CT molecular complexity index is 263. The summed E-state index contributed by atoms with van der Waals surface area (Å²) in [4.78, 5) is 0. The van der Waals surface area contributed by atoms with Crippen molar-refractivity contribution in [2.75, 3.05) is 0 Å². The first-order chi connectivity index (χ1) is 10.6. The largest absolute Gasteiger partial charge is 0.263 e. The van der Waals surface area contributed by atoms with E-state index >= 15 is 0 Å². The number of rotatable bonds is 0. The molecule has 0 N–H and O–H groups in total. The Morgan fingerprint density at radius 1 is 0.458 bits per heavy atom. The van der Waals surface area contributed by atoms with E-state index in [1.807, 2.05) is 55.4 Å². The van der Waals surface area contributed by atoms with Crippen molar-refractivity contribution < 1.29 is 8.78 Å².